The lowest BCUT2D eigenvalue weighted by Gasteiger charge is -2.23. The molecule has 21 heavy (non-hydrogen) atoms. The summed E-state index contributed by atoms with van der Waals surface area (Å²) >= 11 is 0. The van der Waals surface area contributed by atoms with E-state index in [1.54, 1.807) is 23.1 Å². The lowest BCUT2D eigenvalue weighted by Crippen LogP contribution is -2.33. The van der Waals surface area contributed by atoms with E-state index >= 15 is 0 Å². The summed E-state index contributed by atoms with van der Waals surface area (Å²) in [6, 6.07) is 14.6. The van der Waals surface area contributed by atoms with E-state index in [9.17, 15) is 9.18 Å². The van der Waals surface area contributed by atoms with E-state index < -0.39 is 5.82 Å². The van der Waals surface area contributed by atoms with Crippen LogP contribution in [-0.2, 0) is 6.54 Å². The molecule has 0 unspecified atom stereocenters. The number of benzene rings is 2. The molecule has 0 bridgehead atoms. The number of carbonyl (C=O) groups excluding carboxylic acids is 1. The Labute approximate surface area is 124 Å². The Morgan fingerprint density at radius 2 is 1.95 bits per heavy atom. The first-order valence-electron chi connectivity index (χ1n) is 7.26. The molecule has 3 rings (SSSR count). The summed E-state index contributed by atoms with van der Waals surface area (Å²) in [5.41, 5.74) is 2.42. The van der Waals surface area contributed by atoms with E-state index in [2.05, 4.69) is 6.07 Å². The van der Waals surface area contributed by atoms with E-state index in [1.807, 2.05) is 25.1 Å². The molecule has 0 N–H and O–H groups in total. The zero-order valence-electron chi connectivity index (χ0n) is 12.1. The van der Waals surface area contributed by atoms with Crippen molar-refractivity contribution in [1.82, 2.24) is 4.90 Å². The maximum atomic E-state index is 13.8. The summed E-state index contributed by atoms with van der Waals surface area (Å²) in [5.74, 6) is -0.658. The molecular formula is C18H18FNO. The predicted molar refractivity (Wildman–Crippen MR) is 80.5 cm³/mol. The largest absolute Gasteiger partial charge is 0.331 e. The van der Waals surface area contributed by atoms with Crippen molar-refractivity contribution in [3.63, 3.8) is 0 Å². The van der Waals surface area contributed by atoms with Gasteiger partial charge in [-0.2, -0.15) is 0 Å². The van der Waals surface area contributed by atoms with E-state index in [4.69, 9.17) is 0 Å². The SMILES string of the molecule is Cc1cccc(CN(C(=O)c2ccccc2F)C2CC2)c1. The number of carbonyl (C=O) groups is 1. The monoisotopic (exact) mass is 283 g/mol. The van der Waals surface area contributed by atoms with Crippen molar-refractivity contribution in [2.24, 2.45) is 0 Å². The minimum absolute atomic E-state index is 0.164. The molecule has 0 aliphatic heterocycles. The number of halogens is 1. The van der Waals surface area contributed by atoms with E-state index in [-0.39, 0.29) is 17.5 Å². The van der Waals surface area contributed by atoms with Crippen molar-refractivity contribution in [2.45, 2.75) is 32.4 Å². The molecule has 3 heteroatoms. The van der Waals surface area contributed by atoms with Gasteiger partial charge in [-0.25, -0.2) is 4.39 Å². The van der Waals surface area contributed by atoms with Crippen LogP contribution in [-0.4, -0.2) is 16.8 Å². The number of rotatable bonds is 4. The van der Waals surface area contributed by atoms with Crippen LogP contribution in [0.2, 0.25) is 0 Å². The highest BCUT2D eigenvalue weighted by Gasteiger charge is 2.33. The van der Waals surface area contributed by atoms with Crippen LogP contribution in [0.1, 0.15) is 34.3 Å². The van der Waals surface area contributed by atoms with Crippen LogP contribution in [0.5, 0.6) is 0 Å². The van der Waals surface area contributed by atoms with Gasteiger partial charge < -0.3 is 4.90 Å². The number of aryl methyl sites for hydroxylation is 1. The Morgan fingerprint density at radius 3 is 2.62 bits per heavy atom. The van der Waals surface area contributed by atoms with E-state index in [0.29, 0.717) is 6.54 Å². The molecule has 2 aromatic carbocycles. The molecule has 0 saturated heterocycles. The fourth-order valence-electron chi connectivity index (χ4n) is 2.55. The Bertz CT molecular complexity index is 664. The summed E-state index contributed by atoms with van der Waals surface area (Å²) in [5, 5.41) is 0. The molecule has 0 radical (unpaired) electrons. The predicted octanol–water partition coefficient (Wildman–Crippen LogP) is 3.94. The highest BCUT2D eigenvalue weighted by atomic mass is 19.1. The van der Waals surface area contributed by atoms with Gasteiger partial charge in [-0.05, 0) is 37.5 Å². The number of hydrogen-bond donors (Lipinski definition) is 0. The van der Waals surface area contributed by atoms with Gasteiger partial charge >= 0.3 is 0 Å². The number of nitrogens with zero attached hydrogens (tertiary/aromatic N) is 1. The van der Waals surface area contributed by atoms with Crippen molar-refractivity contribution in [3.05, 3.63) is 71.0 Å². The van der Waals surface area contributed by atoms with Crippen molar-refractivity contribution in [3.8, 4) is 0 Å². The van der Waals surface area contributed by atoms with Crippen LogP contribution in [0, 0.1) is 12.7 Å². The molecule has 108 valence electrons. The van der Waals surface area contributed by atoms with Crippen LogP contribution in [0.15, 0.2) is 48.5 Å². The summed E-state index contributed by atoms with van der Waals surface area (Å²) < 4.78 is 13.8. The van der Waals surface area contributed by atoms with Crippen LogP contribution in [0.4, 0.5) is 4.39 Å². The standard InChI is InChI=1S/C18H18FNO/c1-13-5-4-6-14(11-13)12-20(15-9-10-15)18(21)16-7-2-3-8-17(16)19/h2-8,11,15H,9-10,12H2,1H3. The Balaban J connectivity index is 1.85. The average molecular weight is 283 g/mol. The summed E-state index contributed by atoms with van der Waals surface area (Å²) in [6.07, 6.45) is 2.01. The third kappa shape index (κ3) is 3.13. The fraction of sp³-hybridized carbons (Fsp3) is 0.278. The Morgan fingerprint density at radius 1 is 1.19 bits per heavy atom. The molecule has 0 aromatic heterocycles. The molecule has 1 saturated carbocycles. The van der Waals surface area contributed by atoms with E-state index in [0.717, 1.165) is 18.4 Å². The highest BCUT2D eigenvalue weighted by Crippen LogP contribution is 2.30. The van der Waals surface area contributed by atoms with Gasteiger partial charge in [0.2, 0.25) is 0 Å². The summed E-state index contributed by atoms with van der Waals surface area (Å²) in [7, 11) is 0. The molecule has 1 aliphatic carbocycles. The lowest BCUT2D eigenvalue weighted by molar-refractivity contribution is 0.0725. The van der Waals surface area contributed by atoms with Crippen molar-refractivity contribution in [1.29, 1.82) is 0 Å². The number of amides is 1. The lowest BCUT2D eigenvalue weighted by atomic mass is 10.1. The van der Waals surface area contributed by atoms with E-state index in [1.165, 1.54) is 11.6 Å². The number of hydrogen-bond acceptors (Lipinski definition) is 1. The van der Waals surface area contributed by atoms with Crippen LogP contribution in [0.3, 0.4) is 0 Å². The minimum Gasteiger partial charge on any atom is -0.331 e. The van der Waals surface area contributed by atoms with Crippen LogP contribution >= 0.6 is 0 Å². The summed E-state index contributed by atoms with van der Waals surface area (Å²) in [4.78, 5) is 14.4. The topological polar surface area (TPSA) is 20.3 Å². The van der Waals surface area contributed by atoms with Gasteiger partial charge in [-0.3, -0.25) is 4.79 Å². The van der Waals surface area contributed by atoms with Gasteiger partial charge in [-0.1, -0.05) is 42.0 Å². The molecule has 1 aliphatic rings. The first kappa shape index (κ1) is 13.8. The molecule has 0 atom stereocenters. The first-order valence-corrected chi connectivity index (χ1v) is 7.26. The average Bonchev–Trinajstić information content (AvgIpc) is 3.29. The first-order chi connectivity index (χ1) is 10.1. The second kappa shape index (κ2) is 5.68. The maximum absolute atomic E-state index is 13.8. The summed E-state index contributed by atoms with van der Waals surface area (Å²) in [6.45, 7) is 2.57. The van der Waals surface area contributed by atoms with Crippen LogP contribution < -0.4 is 0 Å². The quantitative estimate of drug-likeness (QED) is 0.832. The Kier molecular flexibility index (Phi) is 3.74. The molecule has 0 spiro atoms. The smallest absolute Gasteiger partial charge is 0.257 e. The highest BCUT2D eigenvalue weighted by molar-refractivity contribution is 5.94. The minimum atomic E-state index is -0.447. The van der Waals surface area contributed by atoms with Crippen molar-refractivity contribution >= 4 is 5.91 Å². The molecular weight excluding hydrogens is 265 g/mol. The van der Waals surface area contributed by atoms with Gasteiger partial charge in [0.1, 0.15) is 5.82 Å². The third-order valence-corrected chi connectivity index (χ3v) is 3.79. The zero-order chi connectivity index (χ0) is 14.8. The molecule has 1 amide bonds. The van der Waals surface area contributed by atoms with Gasteiger partial charge in [0.05, 0.1) is 5.56 Å². The zero-order valence-corrected chi connectivity index (χ0v) is 12.1. The molecule has 2 aromatic rings. The van der Waals surface area contributed by atoms with Crippen molar-refractivity contribution < 1.29 is 9.18 Å². The third-order valence-electron chi connectivity index (χ3n) is 3.79. The van der Waals surface area contributed by atoms with Gasteiger partial charge in [0, 0.05) is 12.6 Å². The van der Waals surface area contributed by atoms with Crippen molar-refractivity contribution in [2.75, 3.05) is 0 Å². The normalized spacial score (nSPS) is 14.0. The molecule has 2 nitrogen and oxygen atoms in total. The second-order valence-corrected chi connectivity index (χ2v) is 5.63. The molecule has 0 heterocycles. The fourth-order valence-corrected chi connectivity index (χ4v) is 2.55. The van der Waals surface area contributed by atoms with Gasteiger partial charge in [0.25, 0.3) is 5.91 Å². The second-order valence-electron chi connectivity index (χ2n) is 5.63. The van der Waals surface area contributed by atoms with Crippen LogP contribution in [0.25, 0.3) is 0 Å². The maximum Gasteiger partial charge on any atom is 0.257 e. The van der Waals surface area contributed by atoms with Gasteiger partial charge in [-0.15, -0.1) is 0 Å². The van der Waals surface area contributed by atoms with Gasteiger partial charge in [0.15, 0.2) is 0 Å². The Hall–Kier alpha value is -2.16. The molecule has 1 fully saturated rings.